The Labute approximate surface area is 99.5 Å². The Balaban J connectivity index is 3.13. The summed E-state index contributed by atoms with van der Waals surface area (Å²) >= 11 is 0. The fourth-order valence-corrected chi connectivity index (χ4v) is 6.01. The van der Waals surface area contributed by atoms with E-state index in [2.05, 4.69) is 20.4 Å². The highest BCUT2D eigenvalue weighted by Gasteiger charge is 2.65. The second kappa shape index (κ2) is 4.74. The maximum Gasteiger partial charge on any atom is 0.368 e. The summed E-state index contributed by atoms with van der Waals surface area (Å²) in [6.45, 7) is 7.79. The van der Waals surface area contributed by atoms with Crippen LogP contribution in [-0.2, 0) is 18.3 Å². The standard InChI is InChI=1S/C11H24O4Si/c1-7-11(12-3,10(2)8-15-9-10)16(6,13-4)14-5/h7-9H2,1-6H3. The lowest BCUT2D eigenvalue weighted by atomic mass is 9.80. The zero-order chi connectivity index (χ0) is 12.4. The molecular formula is C11H24O4Si. The summed E-state index contributed by atoms with van der Waals surface area (Å²) in [7, 11) is 2.78. The van der Waals surface area contributed by atoms with Crippen molar-refractivity contribution >= 4 is 8.56 Å². The first kappa shape index (κ1) is 14.1. The van der Waals surface area contributed by atoms with E-state index in [1.54, 1.807) is 21.3 Å². The number of methoxy groups -OCH3 is 1. The Bertz CT molecular complexity index is 232. The molecule has 1 heterocycles. The van der Waals surface area contributed by atoms with Gasteiger partial charge in [0.25, 0.3) is 0 Å². The maximum absolute atomic E-state index is 5.87. The molecule has 1 aliphatic heterocycles. The lowest BCUT2D eigenvalue weighted by molar-refractivity contribution is -0.205. The summed E-state index contributed by atoms with van der Waals surface area (Å²) in [5.74, 6) is 0. The second-order valence-corrected chi connectivity index (χ2v) is 8.31. The van der Waals surface area contributed by atoms with Crippen LogP contribution < -0.4 is 0 Å². The largest absolute Gasteiger partial charge is 0.396 e. The van der Waals surface area contributed by atoms with Gasteiger partial charge in [0.2, 0.25) is 0 Å². The smallest absolute Gasteiger partial charge is 0.368 e. The topological polar surface area (TPSA) is 36.9 Å². The molecule has 5 heteroatoms. The molecular weight excluding hydrogens is 224 g/mol. The fourth-order valence-electron chi connectivity index (χ4n) is 2.93. The van der Waals surface area contributed by atoms with Crippen molar-refractivity contribution in [2.45, 2.75) is 32.0 Å². The molecule has 96 valence electrons. The van der Waals surface area contributed by atoms with E-state index in [0.29, 0.717) is 13.2 Å². The Morgan fingerprint density at radius 2 is 1.75 bits per heavy atom. The number of hydrogen-bond donors (Lipinski definition) is 0. The normalized spacial score (nSPS) is 23.6. The predicted molar refractivity (Wildman–Crippen MR) is 64.6 cm³/mol. The molecule has 0 aromatic carbocycles. The van der Waals surface area contributed by atoms with Crippen LogP contribution >= 0.6 is 0 Å². The molecule has 1 saturated heterocycles. The highest BCUT2D eigenvalue weighted by Crippen LogP contribution is 2.48. The van der Waals surface area contributed by atoms with Crippen molar-refractivity contribution in [1.29, 1.82) is 0 Å². The van der Waals surface area contributed by atoms with Crippen LogP contribution in [-0.4, -0.2) is 48.3 Å². The van der Waals surface area contributed by atoms with Gasteiger partial charge in [0, 0.05) is 26.7 Å². The molecule has 16 heavy (non-hydrogen) atoms. The molecule has 1 unspecified atom stereocenters. The minimum Gasteiger partial charge on any atom is -0.396 e. The number of ether oxygens (including phenoxy) is 2. The lowest BCUT2D eigenvalue weighted by Gasteiger charge is -2.56. The molecule has 0 amide bonds. The van der Waals surface area contributed by atoms with Crippen molar-refractivity contribution in [1.82, 2.24) is 0 Å². The van der Waals surface area contributed by atoms with Crippen molar-refractivity contribution in [3.63, 3.8) is 0 Å². The molecule has 0 aromatic heterocycles. The molecule has 1 aliphatic rings. The summed E-state index contributed by atoms with van der Waals surface area (Å²) in [5, 5.41) is -0.359. The molecule has 0 saturated carbocycles. The minimum atomic E-state index is -2.38. The first-order valence-corrected chi connectivity index (χ1v) is 8.00. The molecule has 0 radical (unpaired) electrons. The van der Waals surface area contributed by atoms with Crippen molar-refractivity contribution in [3.05, 3.63) is 0 Å². The van der Waals surface area contributed by atoms with Gasteiger partial charge in [-0.2, -0.15) is 0 Å². The molecule has 1 atom stereocenters. The second-order valence-electron chi connectivity index (χ2n) is 4.79. The van der Waals surface area contributed by atoms with Crippen LogP contribution in [0.2, 0.25) is 6.55 Å². The van der Waals surface area contributed by atoms with E-state index in [9.17, 15) is 0 Å². The average molecular weight is 248 g/mol. The first-order chi connectivity index (χ1) is 7.45. The Kier molecular flexibility index (Phi) is 4.18. The Morgan fingerprint density at radius 1 is 1.25 bits per heavy atom. The van der Waals surface area contributed by atoms with Crippen LogP contribution in [0.25, 0.3) is 0 Å². The van der Waals surface area contributed by atoms with Crippen LogP contribution in [0, 0.1) is 5.41 Å². The van der Waals surface area contributed by atoms with Crippen LogP contribution in [0.5, 0.6) is 0 Å². The quantitative estimate of drug-likeness (QED) is 0.671. The van der Waals surface area contributed by atoms with Gasteiger partial charge in [-0.3, -0.25) is 0 Å². The number of rotatable bonds is 6. The van der Waals surface area contributed by atoms with E-state index < -0.39 is 8.56 Å². The van der Waals surface area contributed by atoms with Crippen LogP contribution in [0.3, 0.4) is 0 Å². The van der Waals surface area contributed by atoms with E-state index >= 15 is 0 Å². The third kappa shape index (κ3) is 1.65. The third-order valence-corrected chi connectivity index (χ3v) is 8.36. The maximum atomic E-state index is 5.87. The van der Waals surface area contributed by atoms with Gasteiger partial charge < -0.3 is 18.3 Å². The van der Waals surface area contributed by atoms with Crippen LogP contribution in [0.15, 0.2) is 0 Å². The number of hydrogen-bond acceptors (Lipinski definition) is 4. The molecule has 0 N–H and O–H groups in total. The Hall–Kier alpha value is 0.0569. The SMILES string of the molecule is CCC(OC)(C1(C)COC1)[Si](C)(OC)OC. The van der Waals surface area contributed by atoms with E-state index in [-0.39, 0.29) is 10.6 Å². The van der Waals surface area contributed by atoms with Gasteiger partial charge in [0.05, 0.1) is 13.2 Å². The van der Waals surface area contributed by atoms with E-state index in [4.69, 9.17) is 18.3 Å². The van der Waals surface area contributed by atoms with E-state index in [1.165, 1.54) is 0 Å². The molecule has 1 rings (SSSR count). The molecule has 0 aliphatic carbocycles. The predicted octanol–water partition coefficient (Wildman–Crippen LogP) is 1.72. The zero-order valence-corrected chi connectivity index (χ0v) is 12.3. The fraction of sp³-hybridized carbons (Fsp3) is 1.00. The molecule has 1 fully saturated rings. The van der Waals surface area contributed by atoms with Gasteiger partial charge in [0.1, 0.15) is 5.22 Å². The van der Waals surface area contributed by atoms with Gasteiger partial charge >= 0.3 is 8.56 Å². The van der Waals surface area contributed by atoms with E-state index in [0.717, 1.165) is 6.42 Å². The minimum absolute atomic E-state index is 0.0104. The monoisotopic (exact) mass is 248 g/mol. The Morgan fingerprint density at radius 3 is 1.94 bits per heavy atom. The summed E-state index contributed by atoms with van der Waals surface area (Å²) in [4.78, 5) is 0. The molecule has 0 spiro atoms. The van der Waals surface area contributed by atoms with Gasteiger partial charge in [-0.25, -0.2) is 0 Å². The summed E-state index contributed by atoms with van der Waals surface area (Å²) in [5.41, 5.74) is -0.0104. The van der Waals surface area contributed by atoms with Gasteiger partial charge in [-0.15, -0.1) is 0 Å². The third-order valence-electron chi connectivity index (χ3n) is 4.18. The molecule has 4 nitrogen and oxygen atoms in total. The zero-order valence-electron chi connectivity index (χ0n) is 11.3. The summed E-state index contributed by atoms with van der Waals surface area (Å²) in [6.07, 6.45) is 0.869. The van der Waals surface area contributed by atoms with Crippen LogP contribution in [0.4, 0.5) is 0 Å². The summed E-state index contributed by atoms with van der Waals surface area (Å²) in [6, 6.07) is 0. The summed E-state index contributed by atoms with van der Waals surface area (Å²) < 4.78 is 22.6. The lowest BCUT2D eigenvalue weighted by Crippen LogP contribution is -2.73. The highest BCUT2D eigenvalue weighted by atomic mass is 28.4. The van der Waals surface area contributed by atoms with Crippen LogP contribution in [0.1, 0.15) is 20.3 Å². The first-order valence-electron chi connectivity index (χ1n) is 5.68. The van der Waals surface area contributed by atoms with Crippen molar-refractivity contribution in [3.8, 4) is 0 Å². The average Bonchev–Trinajstić information content (AvgIpc) is 2.28. The van der Waals surface area contributed by atoms with Gasteiger partial charge in [-0.05, 0) is 13.0 Å². The van der Waals surface area contributed by atoms with Crippen molar-refractivity contribution < 1.29 is 18.3 Å². The van der Waals surface area contributed by atoms with Gasteiger partial charge in [0.15, 0.2) is 0 Å². The molecule has 0 bridgehead atoms. The molecule has 0 aromatic rings. The highest BCUT2D eigenvalue weighted by molar-refractivity contribution is 6.69. The van der Waals surface area contributed by atoms with Crippen molar-refractivity contribution in [2.75, 3.05) is 34.5 Å². The van der Waals surface area contributed by atoms with E-state index in [1.807, 2.05) is 0 Å². The van der Waals surface area contributed by atoms with Crippen molar-refractivity contribution in [2.24, 2.45) is 5.41 Å². The van der Waals surface area contributed by atoms with Gasteiger partial charge in [-0.1, -0.05) is 13.8 Å².